The summed E-state index contributed by atoms with van der Waals surface area (Å²) in [7, 11) is -1.19. The third-order valence-electron chi connectivity index (χ3n) is 2.05. The van der Waals surface area contributed by atoms with Crippen molar-refractivity contribution in [2.24, 2.45) is 0 Å². The monoisotopic (exact) mass is 241 g/mol. The highest BCUT2D eigenvalue weighted by Gasteiger charge is 2.20. The summed E-state index contributed by atoms with van der Waals surface area (Å²) in [6.07, 6.45) is 1.35. The van der Waals surface area contributed by atoms with Gasteiger partial charge in [0.05, 0.1) is 17.4 Å². The number of esters is 1. The maximum Gasteiger partial charge on any atom is 0.343 e. The molecule has 2 bridgehead atoms. The highest BCUT2D eigenvalue weighted by Crippen LogP contribution is 2.17. The van der Waals surface area contributed by atoms with Gasteiger partial charge in [0.2, 0.25) is 5.16 Å². The summed E-state index contributed by atoms with van der Waals surface area (Å²) in [5, 5.41) is 3.20. The molecule has 6 nitrogen and oxygen atoms in total. The smallest absolute Gasteiger partial charge is 0.343 e. The highest BCUT2D eigenvalue weighted by molar-refractivity contribution is 7.84. The Morgan fingerprint density at radius 3 is 3.25 bits per heavy atom. The second kappa shape index (κ2) is 4.56. The van der Waals surface area contributed by atoms with Gasteiger partial charge in [0.1, 0.15) is 11.4 Å². The number of carbonyl (C=O) groups is 1. The molecule has 0 fully saturated rings. The van der Waals surface area contributed by atoms with Crippen LogP contribution >= 0.6 is 0 Å². The van der Waals surface area contributed by atoms with Crippen LogP contribution in [0, 0.1) is 0 Å². The third-order valence-corrected chi connectivity index (χ3v) is 3.22. The van der Waals surface area contributed by atoms with Crippen LogP contribution in [-0.2, 0) is 15.5 Å². The van der Waals surface area contributed by atoms with Crippen LogP contribution in [0.3, 0.4) is 0 Å². The molecule has 0 saturated carbocycles. The lowest BCUT2D eigenvalue weighted by Crippen LogP contribution is -2.12. The van der Waals surface area contributed by atoms with Crippen molar-refractivity contribution in [2.45, 2.75) is 12.1 Å². The van der Waals surface area contributed by atoms with Gasteiger partial charge in [0.15, 0.2) is 0 Å². The first-order chi connectivity index (χ1) is 7.72. The van der Waals surface area contributed by atoms with Gasteiger partial charge < -0.3 is 10.1 Å². The van der Waals surface area contributed by atoms with E-state index in [0.29, 0.717) is 24.7 Å². The predicted molar refractivity (Wildman–Crippen MR) is 57.8 cm³/mol. The first-order valence-corrected chi connectivity index (χ1v) is 6.20. The van der Waals surface area contributed by atoms with Gasteiger partial charge in [-0.05, 0) is 6.92 Å². The maximum atomic E-state index is 11.5. The summed E-state index contributed by atoms with van der Waals surface area (Å²) in [5.41, 5.74) is 0.282. The Morgan fingerprint density at radius 2 is 2.50 bits per heavy atom. The fraction of sp³-hybridized carbons (Fsp3) is 0.444. The molecule has 0 aromatic carbocycles. The van der Waals surface area contributed by atoms with Crippen LogP contribution in [-0.4, -0.2) is 39.1 Å². The molecule has 1 aliphatic rings. The SMILES string of the molecule is CCOC(=O)c1cnc2nc1NCCS2=O. The number of nitrogens with one attached hydrogen (secondary N) is 1. The molecule has 86 valence electrons. The molecule has 0 radical (unpaired) electrons. The molecule has 1 aromatic rings. The van der Waals surface area contributed by atoms with Crippen LogP contribution in [0.5, 0.6) is 0 Å². The molecule has 1 aromatic heterocycles. The van der Waals surface area contributed by atoms with Crippen LogP contribution in [0.15, 0.2) is 11.4 Å². The molecule has 0 saturated heterocycles. The molecule has 0 spiro atoms. The van der Waals surface area contributed by atoms with E-state index in [4.69, 9.17) is 4.74 Å². The minimum atomic E-state index is -1.19. The molecule has 0 aliphatic carbocycles. The fourth-order valence-electron chi connectivity index (χ4n) is 1.32. The molecule has 1 unspecified atom stereocenters. The van der Waals surface area contributed by atoms with Gasteiger partial charge in [-0.2, -0.15) is 0 Å². The molecule has 1 atom stereocenters. The van der Waals surface area contributed by atoms with E-state index in [0.717, 1.165) is 0 Å². The van der Waals surface area contributed by atoms with Gasteiger partial charge in [-0.15, -0.1) is 0 Å². The van der Waals surface area contributed by atoms with Crippen molar-refractivity contribution >= 4 is 22.6 Å². The summed E-state index contributed by atoms with van der Waals surface area (Å²) >= 11 is 0. The fourth-order valence-corrected chi connectivity index (χ4v) is 2.16. The largest absolute Gasteiger partial charge is 0.462 e. The van der Waals surface area contributed by atoms with Crippen molar-refractivity contribution in [1.82, 2.24) is 9.97 Å². The maximum absolute atomic E-state index is 11.5. The lowest BCUT2D eigenvalue weighted by Gasteiger charge is -2.06. The van der Waals surface area contributed by atoms with E-state index in [1.807, 2.05) is 0 Å². The number of carbonyl (C=O) groups excluding carboxylic acids is 1. The van der Waals surface area contributed by atoms with Gasteiger partial charge >= 0.3 is 5.97 Å². The third kappa shape index (κ3) is 2.04. The number of ether oxygens (including phenoxy) is 1. The average molecular weight is 241 g/mol. The van der Waals surface area contributed by atoms with Crippen LogP contribution in [0.4, 0.5) is 5.82 Å². The first kappa shape index (κ1) is 11.0. The number of hydrogen-bond acceptors (Lipinski definition) is 6. The van der Waals surface area contributed by atoms with Gasteiger partial charge in [-0.3, -0.25) is 4.21 Å². The van der Waals surface area contributed by atoms with Crippen LogP contribution in [0.1, 0.15) is 17.3 Å². The van der Waals surface area contributed by atoms with Crippen molar-refractivity contribution in [2.75, 3.05) is 24.2 Å². The van der Waals surface area contributed by atoms with Crippen LogP contribution in [0.25, 0.3) is 0 Å². The zero-order valence-electron chi connectivity index (χ0n) is 8.73. The van der Waals surface area contributed by atoms with E-state index in [9.17, 15) is 9.00 Å². The minimum Gasteiger partial charge on any atom is -0.462 e. The number of rotatable bonds is 2. The van der Waals surface area contributed by atoms with Gasteiger partial charge in [-0.1, -0.05) is 0 Å². The summed E-state index contributed by atoms with van der Waals surface area (Å²) < 4.78 is 16.4. The molecule has 16 heavy (non-hydrogen) atoms. The standard InChI is InChI=1S/C9H11N3O3S/c1-2-15-8(13)6-5-11-9-12-7(6)10-3-4-16(9)14/h5H,2-4H2,1H3,(H,10,11,12). The second-order valence-corrected chi connectivity index (χ2v) is 4.58. The molecule has 2 rings (SSSR count). The van der Waals surface area contributed by atoms with Crippen molar-refractivity contribution in [3.8, 4) is 0 Å². The predicted octanol–water partition coefficient (Wildman–Crippen LogP) is 0.186. The van der Waals surface area contributed by atoms with Crippen molar-refractivity contribution in [3.05, 3.63) is 11.8 Å². The summed E-state index contributed by atoms with van der Waals surface area (Å²) in [6, 6.07) is 0. The number of aromatic nitrogens is 2. The Balaban J connectivity index is 2.37. The number of hydrogen-bond donors (Lipinski definition) is 1. The van der Waals surface area contributed by atoms with Gasteiger partial charge in [-0.25, -0.2) is 14.8 Å². The normalized spacial score (nSPS) is 18.4. The molecule has 1 N–H and O–H groups in total. The van der Waals surface area contributed by atoms with E-state index in [2.05, 4.69) is 15.3 Å². The van der Waals surface area contributed by atoms with E-state index in [-0.39, 0.29) is 10.7 Å². The number of nitrogens with zero attached hydrogens (tertiary/aromatic N) is 2. The van der Waals surface area contributed by atoms with Gasteiger partial charge in [0.25, 0.3) is 0 Å². The number of anilines is 1. The molecular formula is C9H11N3O3S. The first-order valence-electron chi connectivity index (χ1n) is 4.88. The van der Waals surface area contributed by atoms with E-state index >= 15 is 0 Å². The van der Waals surface area contributed by atoms with Crippen molar-refractivity contribution in [3.63, 3.8) is 0 Å². The van der Waals surface area contributed by atoms with Crippen molar-refractivity contribution in [1.29, 1.82) is 0 Å². The second-order valence-electron chi connectivity index (χ2n) is 3.11. The Morgan fingerprint density at radius 1 is 1.69 bits per heavy atom. The Hall–Kier alpha value is -1.50. The number of fused-ring (bicyclic) bond motifs is 2. The molecular weight excluding hydrogens is 230 g/mol. The summed E-state index contributed by atoms with van der Waals surface area (Å²) in [4.78, 5) is 19.5. The van der Waals surface area contributed by atoms with E-state index in [1.165, 1.54) is 6.20 Å². The van der Waals surface area contributed by atoms with Crippen LogP contribution < -0.4 is 5.32 Å². The Bertz CT molecular complexity index is 450. The average Bonchev–Trinajstić information content (AvgIpc) is 2.41. The highest BCUT2D eigenvalue weighted by atomic mass is 32.2. The van der Waals surface area contributed by atoms with Crippen molar-refractivity contribution < 1.29 is 13.7 Å². The molecule has 1 aliphatic heterocycles. The lowest BCUT2D eigenvalue weighted by molar-refractivity contribution is 0.0526. The quantitative estimate of drug-likeness (QED) is 0.588. The summed E-state index contributed by atoms with van der Waals surface area (Å²) in [5.74, 6) is 0.369. The van der Waals surface area contributed by atoms with Crippen LogP contribution in [0.2, 0.25) is 0 Å². The topological polar surface area (TPSA) is 81.2 Å². The Labute approximate surface area is 94.9 Å². The summed E-state index contributed by atoms with van der Waals surface area (Å²) in [6.45, 7) is 2.53. The Kier molecular flexibility index (Phi) is 3.14. The zero-order chi connectivity index (χ0) is 11.5. The zero-order valence-corrected chi connectivity index (χ0v) is 9.54. The molecule has 0 amide bonds. The van der Waals surface area contributed by atoms with E-state index < -0.39 is 16.8 Å². The van der Waals surface area contributed by atoms with E-state index in [1.54, 1.807) is 6.92 Å². The molecule has 7 heteroatoms. The van der Waals surface area contributed by atoms with Gasteiger partial charge in [0, 0.05) is 18.5 Å². The lowest BCUT2D eigenvalue weighted by atomic mass is 10.3. The minimum absolute atomic E-state index is 0.257. The molecule has 2 heterocycles.